The van der Waals surface area contributed by atoms with Crippen LogP contribution >= 0.6 is 32.9 Å². The van der Waals surface area contributed by atoms with Crippen LogP contribution in [-0.2, 0) is 0 Å². The van der Waals surface area contributed by atoms with Crippen LogP contribution in [0.25, 0.3) is 10.8 Å². The highest BCUT2D eigenvalue weighted by atomic mass is 79.9. The van der Waals surface area contributed by atoms with E-state index in [0.717, 1.165) is 16.5 Å². The number of hydrogen-bond acceptors (Lipinski definition) is 3. The molecule has 0 aliphatic carbocycles. The molecule has 0 unspecified atom stereocenters. The number of nitrogens with one attached hydrogen (secondary N) is 1. The van der Waals surface area contributed by atoms with Gasteiger partial charge in [0.1, 0.15) is 0 Å². The second kappa shape index (κ2) is 5.75. The molecule has 0 radical (unpaired) electrons. The molecule has 0 amide bonds. The molecule has 6 heteroatoms. The van der Waals surface area contributed by atoms with Gasteiger partial charge >= 0.3 is 0 Å². The summed E-state index contributed by atoms with van der Waals surface area (Å²) >= 11 is 3.28. The molecular formula is C12H13Br2NO3. The predicted octanol–water partition coefficient (Wildman–Crippen LogP) is 3.19. The van der Waals surface area contributed by atoms with Gasteiger partial charge in [0, 0.05) is 16.5 Å². The number of fused-ring (bicyclic) bond motifs is 1. The van der Waals surface area contributed by atoms with Crippen molar-refractivity contribution in [2.24, 2.45) is 0 Å². The Morgan fingerprint density at radius 3 is 2.11 bits per heavy atom. The molecule has 18 heavy (non-hydrogen) atoms. The number of H-pyrrole nitrogens is 1. The lowest BCUT2D eigenvalue weighted by Crippen LogP contribution is -2.09. The van der Waals surface area contributed by atoms with Gasteiger partial charge in [0.15, 0.2) is 11.5 Å². The van der Waals surface area contributed by atoms with Crippen molar-refractivity contribution < 1.29 is 9.47 Å². The molecule has 0 bridgehead atoms. The first kappa shape index (κ1) is 15.0. The van der Waals surface area contributed by atoms with Gasteiger partial charge in [0.05, 0.1) is 18.7 Å². The molecule has 2 rings (SSSR count). The smallest absolute Gasteiger partial charge is 0.263 e. The zero-order valence-corrected chi connectivity index (χ0v) is 13.5. The number of benzene rings is 1. The van der Waals surface area contributed by atoms with Crippen molar-refractivity contribution in [2.75, 3.05) is 14.2 Å². The van der Waals surface area contributed by atoms with Crippen LogP contribution in [0.5, 0.6) is 11.5 Å². The van der Waals surface area contributed by atoms with Crippen LogP contribution in [0, 0.1) is 6.92 Å². The summed E-state index contributed by atoms with van der Waals surface area (Å²) < 4.78 is 11.0. The van der Waals surface area contributed by atoms with Crippen LogP contribution in [0.1, 0.15) is 5.69 Å². The normalized spacial score (nSPS) is 10.0. The van der Waals surface area contributed by atoms with E-state index in [2.05, 4.69) is 20.9 Å². The first-order chi connectivity index (χ1) is 8.08. The molecule has 4 nitrogen and oxygen atoms in total. The van der Waals surface area contributed by atoms with E-state index in [-0.39, 0.29) is 22.5 Å². The number of pyridine rings is 1. The summed E-state index contributed by atoms with van der Waals surface area (Å²) in [5.74, 6) is 1.24. The number of hydrogen-bond donors (Lipinski definition) is 1. The van der Waals surface area contributed by atoms with E-state index in [9.17, 15) is 4.79 Å². The maximum atomic E-state index is 11.6. The highest BCUT2D eigenvalue weighted by molar-refractivity contribution is 9.10. The van der Waals surface area contributed by atoms with Crippen LogP contribution in [0.4, 0.5) is 0 Å². The van der Waals surface area contributed by atoms with Gasteiger partial charge in [-0.05, 0) is 35.0 Å². The van der Waals surface area contributed by atoms with Crippen molar-refractivity contribution in [1.82, 2.24) is 4.98 Å². The van der Waals surface area contributed by atoms with Crippen LogP contribution in [0.15, 0.2) is 21.4 Å². The van der Waals surface area contributed by atoms with Gasteiger partial charge in [-0.2, -0.15) is 0 Å². The van der Waals surface area contributed by atoms with Gasteiger partial charge in [-0.3, -0.25) is 4.79 Å². The maximum Gasteiger partial charge on any atom is 0.263 e. The Bertz CT molecular complexity index is 637. The van der Waals surface area contributed by atoms with Gasteiger partial charge in [0.2, 0.25) is 0 Å². The molecule has 1 heterocycles. The van der Waals surface area contributed by atoms with E-state index in [1.807, 2.05) is 13.0 Å². The Kier molecular flexibility index (Phi) is 4.81. The zero-order valence-electron chi connectivity index (χ0n) is 10.2. The number of aryl methyl sites for hydroxylation is 1. The average Bonchev–Trinajstić information content (AvgIpc) is 2.34. The molecule has 98 valence electrons. The predicted molar refractivity (Wildman–Crippen MR) is 80.4 cm³/mol. The second-order valence-corrected chi connectivity index (χ2v) is 4.44. The topological polar surface area (TPSA) is 51.3 Å². The van der Waals surface area contributed by atoms with E-state index in [1.165, 1.54) is 0 Å². The van der Waals surface area contributed by atoms with Crippen molar-refractivity contribution in [1.29, 1.82) is 0 Å². The molecule has 0 atom stereocenters. The molecule has 0 aliphatic rings. The average molecular weight is 379 g/mol. The molecule has 0 aliphatic heterocycles. The molecule has 0 fully saturated rings. The fourth-order valence-corrected chi connectivity index (χ4v) is 2.21. The maximum absolute atomic E-state index is 11.6. The minimum absolute atomic E-state index is 0. The fourth-order valence-electron chi connectivity index (χ4n) is 1.79. The fraction of sp³-hybridized carbons (Fsp3) is 0.250. The van der Waals surface area contributed by atoms with Crippen molar-refractivity contribution in [3.63, 3.8) is 0 Å². The highest BCUT2D eigenvalue weighted by Gasteiger charge is 2.12. The van der Waals surface area contributed by atoms with Gasteiger partial charge < -0.3 is 14.5 Å². The van der Waals surface area contributed by atoms with Gasteiger partial charge in [-0.25, -0.2) is 0 Å². The molecule has 0 saturated heterocycles. The van der Waals surface area contributed by atoms with Crippen molar-refractivity contribution in [3.05, 3.63) is 32.7 Å². The standard InChI is InChI=1S/C12H12BrNO3.BrH/c1-6-7-4-9(16-2)10(17-3)5-8(7)11(13)12(15)14-6;/h4-5H,1-3H3,(H,14,15);1H. The molecule has 1 N–H and O–H groups in total. The lowest BCUT2D eigenvalue weighted by Gasteiger charge is -2.11. The van der Waals surface area contributed by atoms with Gasteiger partial charge in [-0.15, -0.1) is 17.0 Å². The monoisotopic (exact) mass is 377 g/mol. The van der Waals surface area contributed by atoms with E-state index in [1.54, 1.807) is 20.3 Å². The van der Waals surface area contributed by atoms with Gasteiger partial charge in [0.25, 0.3) is 5.56 Å². The van der Waals surface area contributed by atoms with E-state index >= 15 is 0 Å². The van der Waals surface area contributed by atoms with Crippen molar-refractivity contribution in [2.45, 2.75) is 6.92 Å². The zero-order chi connectivity index (χ0) is 12.6. The molecular weight excluding hydrogens is 366 g/mol. The summed E-state index contributed by atoms with van der Waals surface area (Å²) in [5.41, 5.74) is 0.649. The Labute approximate surface area is 123 Å². The molecule has 0 spiro atoms. The molecule has 2 aromatic rings. The SMILES string of the molecule is Br.COc1cc2c(C)[nH]c(=O)c(Br)c2cc1OC. The number of aromatic nitrogens is 1. The summed E-state index contributed by atoms with van der Waals surface area (Å²) in [6, 6.07) is 3.64. The number of rotatable bonds is 2. The van der Waals surface area contributed by atoms with Crippen molar-refractivity contribution in [3.8, 4) is 11.5 Å². The summed E-state index contributed by atoms with van der Waals surface area (Å²) in [7, 11) is 3.15. The summed E-state index contributed by atoms with van der Waals surface area (Å²) in [6.07, 6.45) is 0. The number of halogens is 2. The van der Waals surface area contributed by atoms with Gasteiger partial charge in [-0.1, -0.05) is 0 Å². The van der Waals surface area contributed by atoms with E-state index in [0.29, 0.717) is 16.0 Å². The first-order valence-electron chi connectivity index (χ1n) is 5.02. The number of ether oxygens (including phenoxy) is 2. The van der Waals surface area contributed by atoms with E-state index in [4.69, 9.17) is 9.47 Å². The van der Waals surface area contributed by atoms with Crippen LogP contribution in [0.2, 0.25) is 0 Å². The lowest BCUT2D eigenvalue weighted by molar-refractivity contribution is 0.356. The Hall–Kier alpha value is -1.01. The summed E-state index contributed by atoms with van der Waals surface area (Å²) in [4.78, 5) is 14.4. The second-order valence-electron chi connectivity index (χ2n) is 3.65. The molecule has 0 saturated carbocycles. The molecule has 1 aromatic carbocycles. The summed E-state index contributed by atoms with van der Waals surface area (Å²) in [6.45, 7) is 1.85. The van der Waals surface area contributed by atoms with Crippen LogP contribution in [0.3, 0.4) is 0 Å². The Morgan fingerprint density at radius 1 is 1.11 bits per heavy atom. The molecule has 1 aromatic heterocycles. The third-order valence-corrected chi connectivity index (χ3v) is 3.45. The lowest BCUT2D eigenvalue weighted by atomic mass is 10.1. The highest BCUT2D eigenvalue weighted by Crippen LogP contribution is 2.34. The minimum atomic E-state index is -0.151. The van der Waals surface area contributed by atoms with Crippen molar-refractivity contribution >= 4 is 43.7 Å². The Balaban J connectivity index is 0.00000162. The number of aromatic amines is 1. The number of methoxy groups -OCH3 is 2. The quantitative estimate of drug-likeness (QED) is 0.872. The first-order valence-corrected chi connectivity index (χ1v) is 5.82. The Morgan fingerprint density at radius 2 is 1.61 bits per heavy atom. The largest absolute Gasteiger partial charge is 0.493 e. The minimum Gasteiger partial charge on any atom is -0.493 e. The third-order valence-electron chi connectivity index (χ3n) is 2.66. The van der Waals surface area contributed by atoms with E-state index < -0.39 is 0 Å². The van der Waals surface area contributed by atoms with Crippen LogP contribution < -0.4 is 15.0 Å². The summed E-state index contributed by atoms with van der Waals surface area (Å²) in [5, 5.41) is 1.73. The van der Waals surface area contributed by atoms with Crippen LogP contribution in [-0.4, -0.2) is 19.2 Å². The third kappa shape index (κ3) is 2.40.